The fourth-order valence-corrected chi connectivity index (χ4v) is 11.4. The maximum absolute atomic E-state index is 12.3. The Morgan fingerprint density at radius 2 is 1.00 bits per heavy atom. The standard InChI is InChI=1S/C25H39NO3Se.C15H17NO3Se/c27-24(28)20-14-12-10-8-6-4-2-1-3-5-7-9-11-13-17-21-26-25(29)22-18-15-16-19-23(22)30-26;17-14-12-3-1-2-4-13(12)20-16(14)9-10-5-7-11(8-6-10)15(18)19/h15-16,18-19H,1-14,17,20-21H2,(H,27,28);1-4,10-11H,5-9H2,(H,18,19)/t;10-,11-. The van der Waals surface area contributed by atoms with Crippen LogP contribution >= 0.6 is 0 Å². The van der Waals surface area contributed by atoms with E-state index in [1.807, 2.05) is 46.0 Å². The van der Waals surface area contributed by atoms with Gasteiger partial charge in [0, 0.05) is 6.42 Å². The minimum absolute atomic E-state index is 0.0946. The summed E-state index contributed by atoms with van der Waals surface area (Å²) in [7, 11) is 0. The van der Waals surface area contributed by atoms with Gasteiger partial charge in [-0.1, -0.05) is 25.7 Å². The molecule has 10 heteroatoms. The normalized spacial score (nSPS) is 16.0. The molecule has 50 heavy (non-hydrogen) atoms. The molecule has 1 aliphatic rings. The van der Waals surface area contributed by atoms with Gasteiger partial charge in [-0.2, -0.15) is 0 Å². The van der Waals surface area contributed by atoms with Crippen LogP contribution in [0.1, 0.15) is 128 Å². The molecule has 0 saturated heterocycles. The van der Waals surface area contributed by atoms with Gasteiger partial charge in [0.2, 0.25) is 0 Å². The molecule has 274 valence electrons. The van der Waals surface area contributed by atoms with Crippen LogP contribution in [0.15, 0.2) is 58.1 Å². The number of aryl methyl sites for hydroxylation is 1. The molecule has 4 aromatic rings. The third kappa shape index (κ3) is 13.5. The molecule has 2 heterocycles. The summed E-state index contributed by atoms with van der Waals surface area (Å²) >= 11 is 0.283. The number of rotatable bonds is 21. The zero-order valence-electron chi connectivity index (χ0n) is 29.6. The zero-order chi connectivity index (χ0) is 35.6. The molecule has 1 saturated carbocycles. The van der Waals surface area contributed by atoms with Gasteiger partial charge in [-0.25, -0.2) is 0 Å². The number of aromatic nitrogens is 2. The second-order valence-electron chi connectivity index (χ2n) is 14.0. The molecule has 5 rings (SSSR count). The number of nitrogens with zero attached hydrogens (tertiary/aromatic N) is 2. The van der Waals surface area contributed by atoms with Gasteiger partial charge >= 0.3 is 262 Å². The summed E-state index contributed by atoms with van der Waals surface area (Å²) in [6.45, 7) is 1.72. The number of benzene rings is 2. The van der Waals surface area contributed by atoms with Crippen molar-refractivity contribution in [2.24, 2.45) is 11.8 Å². The number of carbonyl (C=O) groups is 2. The van der Waals surface area contributed by atoms with Crippen molar-refractivity contribution in [3.63, 3.8) is 0 Å². The molecule has 0 bridgehead atoms. The van der Waals surface area contributed by atoms with Crippen LogP contribution in [0.3, 0.4) is 0 Å². The quantitative estimate of drug-likeness (QED) is 0.0645. The number of carboxylic acid groups (broad SMARTS) is 2. The Balaban J connectivity index is 0.000000242. The van der Waals surface area contributed by atoms with E-state index in [0.29, 0.717) is 12.3 Å². The number of fused-ring (bicyclic) bond motifs is 2. The number of hydrogen-bond acceptors (Lipinski definition) is 4. The minimum atomic E-state index is -0.669. The van der Waals surface area contributed by atoms with Crippen molar-refractivity contribution >= 4 is 60.7 Å². The van der Waals surface area contributed by atoms with Crippen LogP contribution in [-0.4, -0.2) is 58.7 Å². The Morgan fingerprint density at radius 3 is 1.46 bits per heavy atom. The van der Waals surface area contributed by atoms with Crippen LogP contribution in [0.25, 0.3) is 19.3 Å². The van der Waals surface area contributed by atoms with Crippen molar-refractivity contribution in [1.82, 2.24) is 7.12 Å². The summed E-state index contributed by atoms with van der Waals surface area (Å²) in [5.74, 6) is -1.05. The van der Waals surface area contributed by atoms with Gasteiger partial charge in [-0.3, -0.25) is 4.79 Å². The Hall–Kier alpha value is -2.64. The number of aliphatic carboxylic acids is 2. The van der Waals surface area contributed by atoms with E-state index in [4.69, 9.17) is 10.2 Å². The van der Waals surface area contributed by atoms with Gasteiger partial charge in [0.15, 0.2) is 0 Å². The third-order valence-corrected chi connectivity index (χ3v) is 14.6. The first-order chi connectivity index (χ1) is 24.3. The van der Waals surface area contributed by atoms with Crippen molar-refractivity contribution in [3.05, 3.63) is 69.2 Å². The summed E-state index contributed by atoms with van der Waals surface area (Å²) in [5.41, 5.74) is 0.393. The van der Waals surface area contributed by atoms with Gasteiger partial charge < -0.3 is 5.11 Å². The Bertz CT molecular complexity index is 1710. The predicted molar refractivity (Wildman–Crippen MR) is 205 cm³/mol. The summed E-state index contributed by atoms with van der Waals surface area (Å²) in [4.78, 5) is 46.0. The molecule has 0 aliphatic heterocycles. The molecule has 0 atom stereocenters. The van der Waals surface area contributed by atoms with Crippen LogP contribution in [0.4, 0.5) is 0 Å². The van der Waals surface area contributed by atoms with Crippen LogP contribution in [0, 0.1) is 11.8 Å². The van der Waals surface area contributed by atoms with Crippen LogP contribution < -0.4 is 11.1 Å². The molecular formula is C40H56N2O6Se2. The summed E-state index contributed by atoms with van der Waals surface area (Å²) in [6, 6.07) is 15.9. The van der Waals surface area contributed by atoms with E-state index < -0.39 is 11.9 Å². The second kappa shape index (κ2) is 22.3. The van der Waals surface area contributed by atoms with Crippen molar-refractivity contribution in [2.45, 2.75) is 142 Å². The second-order valence-corrected chi connectivity index (χ2v) is 18.4. The Morgan fingerprint density at radius 1 is 0.580 bits per heavy atom. The fraction of sp³-hybridized carbons (Fsp3) is 0.600. The van der Waals surface area contributed by atoms with Crippen molar-refractivity contribution in [3.8, 4) is 0 Å². The van der Waals surface area contributed by atoms with Gasteiger partial charge in [-0.05, 0) is 6.42 Å². The fourth-order valence-electron chi connectivity index (χ4n) is 6.96. The van der Waals surface area contributed by atoms with E-state index >= 15 is 0 Å². The summed E-state index contributed by atoms with van der Waals surface area (Å²) in [5, 5.41) is 19.4. The van der Waals surface area contributed by atoms with Gasteiger partial charge in [-0.15, -0.1) is 0 Å². The van der Waals surface area contributed by atoms with E-state index in [0.717, 1.165) is 68.8 Å². The van der Waals surface area contributed by atoms with Crippen LogP contribution in [0.2, 0.25) is 0 Å². The van der Waals surface area contributed by atoms with Crippen molar-refractivity contribution < 1.29 is 19.8 Å². The first kappa shape index (κ1) is 40.1. The molecule has 2 aromatic carbocycles. The average molecular weight is 819 g/mol. The molecule has 2 N–H and O–H groups in total. The van der Waals surface area contributed by atoms with Gasteiger partial charge in [0.05, 0.1) is 0 Å². The predicted octanol–water partition coefficient (Wildman–Crippen LogP) is 8.33. The molecule has 0 unspecified atom stereocenters. The third-order valence-electron chi connectivity index (χ3n) is 9.98. The van der Waals surface area contributed by atoms with Crippen LogP contribution in [0.5, 0.6) is 0 Å². The SMILES string of the molecule is O=C(O)CCCCCCCCCCCCCCCCCn1[se]c2ccccc2c1=O.O=c1c2ccccc2[se]n1C[C@H]1CC[C@H](C(=O)O)CC1. The monoisotopic (exact) mass is 820 g/mol. The molecule has 1 aliphatic carbocycles. The van der Waals surface area contributed by atoms with Gasteiger partial charge in [0.25, 0.3) is 0 Å². The summed E-state index contributed by atoms with van der Waals surface area (Å²) in [6.07, 6.45) is 22.4. The van der Waals surface area contributed by atoms with Crippen molar-refractivity contribution in [1.29, 1.82) is 0 Å². The van der Waals surface area contributed by atoms with E-state index in [2.05, 4.69) is 9.63 Å². The van der Waals surface area contributed by atoms with E-state index in [1.165, 1.54) is 85.6 Å². The molecular weight excluding hydrogens is 762 g/mol. The number of hydrogen-bond donors (Lipinski definition) is 2. The van der Waals surface area contributed by atoms with E-state index in [-0.39, 0.29) is 46.5 Å². The number of carboxylic acids is 2. The Kier molecular flexibility index (Phi) is 17.9. The average Bonchev–Trinajstić information content (AvgIpc) is 3.61. The molecule has 1 fully saturated rings. The first-order valence-electron chi connectivity index (χ1n) is 19.0. The molecule has 0 spiro atoms. The Labute approximate surface area is 308 Å². The van der Waals surface area contributed by atoms with E-state index in [1.54, 1.807) is 0 Å². The van der Waals surface area contributed by atoms with Crippen molar-refractivity contribution in [2.75, 3.05) is 0 Å². The topological polar surface area (TPSA) is 119 Å². The zero-order valence-corrected chi connectivity index (χ0v) is 33.0. The molecule has 2 aromatic heterocycles. The number of unbranched alkanes of at least 4 members (excludes halogenated alkanes) is 14. The van der Waals surface area contributed by atoms with Crippen LogP contribution in [-0.2, 0) is 22.7 Å². The van der Waals surface area contributed by atoms with E-state index in [9.17, 15) is 19.2 Å². The molecule has 0 amide bonds. The molecule has 8 nitrogen and oxygen atoms in total. The summed E-state index contributed by atoms with van der Waals surface area (Å²) < 4.78 is 6.45. The maximum atomic E-state index is 12.3. The molecule has 0 radical (unpaired) electrons. The van der Waals surface area contributed by atoms with Gasteiger partial charge in [0.1, 0.15) is 0 Å². The first-order valence-corrected chi connectivity index (χ1v) is 22.2.